The van der Waals surface area contributed by atoms with Gasteiger partial charge in [-0.15, -0.1) is 0 Å². The molecule has 4 aromatic carbocycles. The van der Waals surface area contributed by atoms with Gasteiger partial charge in [0.15, 0.2) is 0 Å². The highest BCUT2D eigenvalue weighted by Gasteiger charge is 2.27. The molecule has 0 atom stereocenters. The molecule has 1 amide bonds. The molecule has 0 unspecified atom stereocenters. The van der Waals surface area contributed by atoms with Gasteiger partial charge >= 0.3 is 0 Å². The Morgan fingerprint density at radius 2 is 1.27 bits per heavy atom. The SMILES string of the molecule is CNc1c(-c2nc3ccccc3[nH]2)c(=O)n(CCNC(C)=O)n1-c1cc(OC)cc(OCc2ccc3nc(-c4c(NC)n(C(C)C)n(-c5cc(OC)cc(OC)c5)c4=O)[nH]c3c2)c1. The molecule has 8 rings (SSSR count). The van der Waals surface area contributed by atoms with Crippen molar-refractivity contribution in [3.8, 4) is 57.1 Å². The van der Waals surface area contributed by atoms with Gasteiger partial charge in [0.05, 0.1) is 61.3 Å². The van der Waals surface area contributed by atoms with Gasteiger partial charge in [-0.2, -0.15) is 0 Å². The normalized spacial score (nSPS) is 11.4. The van der Waals surface area contributed by atoms with Crippen LogP contribution in [0.2, 0.25) is 0 Å². The summed E-state index contributed by atoms with van der Waals surface area (Å²) in [5.74, 6) is 3.70. The van der Waals surface area contributed by atoms with Gasteiger partial charge in [0.2, 0.25) is 5.91 Å². The highest BCUT2D eigenvalue weighted by Crippen LogP contribution is 2.34. The van der Waals surface area contributed by atoms with E-state index in [0.717, 1.165) is 16.6 Å². The number of nitrogens with zero attached hydrogens (tertiary/aromatic N) is 6. The van der Waals surface area contributed by atoms with Crippen LogP contribution in [0.4, 0.5) is 11.6 Å². The zero-order valence-electron chi connectivity index (χ0n) is 36.2. The number of carbonyl (C=O) groups excluding carboxylic acids is 1. The molecule has 5 N–H and O–H groups in total. The predicted molar refractivity (Wildman–Crippen MR) is 242 cm³/mol. The number of hydrogen-bond donors (Lipinski definition) is 5. The fourth-order valence-electron chi connectivity index (χ4n) is 7.80. The minimum atomic E-state index is -0.316. The number of nitrogens with one attached hydrogen (secondary N) is 5. The first-order chi connectivity index (χ1) is 30.5. The van der Waals surface area contributed by atoms with Crippen LogP contribution in [0.5, 0.6) is 23.0 Å². The first-order valence-electron chi connectivity index (χ1n) is 20.3. The third-order valence-electron chi connectivity index (χ3n) is 10.6. The summed E-state index contributed by atoms with van der Waals surface area (Å²) in [6.07, 6.45) is 0. The lowest BCUT2D eigenvalue weighted by Gasteiger charge is -2.19. The van der Waals surface area contributed by atoms with Crippen LogP contribution in [0.1, 0.15) is 32.4 Å². The maximum absolute atomic E-state index is 14.4. The topological polar surface area (TPSA) is 201 Å². The van der Waals surface area contributed by atoms with E-state index in [1.165, 1.54) is 6.92 Å². The number of ether oxygens (including phenoxy) is 4. The molecule has 326 valence electrons. The third kappa shape index (κ3) is 7.82. The second kappa shape index (κ2) is 17.2. The van der Waals surface area contributed by atoms with E-state index >= 15 is 0 Å². The van der Waals surface area contributed by atoms with Gasteiger partial charge < -0.3 is 44.9 Å². The zero-order chi connectivity index (χ0) is 44.5. The van der Waals surface area contributed by atoms with E-state index in [4.69, 9.17) is 28.9 Å². The largest absolute Gasteiger partial charge is 0.497 e. The van der Waals surface area contributed by atoms with Crippen LogP contribution in [-0.2, 0) is 17.9 Å². The van der Waals surface area contributed by atoms with E-state index < -0.39 is 0 Å². The number of amides is 1. The Hall–Kier alpha value is -7.89. The van der Waals surface area contributed by atoms with Crippen LogP contribution in [0.25, 0.3) is 56.2 Å². The summed E-state index contributed by atoms with van der Waals surface area (Å²) in [5.41, 5.74) is 4.94. The number of H-pyrrole nitrogens is 2. The molecule has 0 fully saturated rings. The number of aromatic nitrogens is 8. The maximum atomic E-state index is 14.4. The van der Waals surface area contributed by atoms with Crippen molar-refractivity contribution in [2.75, 3.05) is 52.6 Å². The number of rotatable bonds is 16. The Kier molecular flexibility index (Phi) is 11.4. The number of fused-ring (bicyclic) bond motifs is 2. The number of imidazole rings is 2. The van der Waals surface area contributed by atoms with E-state index in [-0.39, 0.29) is 42.8 Å². The van der Waals surface area contributed by atoms with Crippen LogP contribution in [0.15, 0.2) is 88.5 Å². The van der Waals surface area contributed by atoms with Gasteiger partial charge in [-0.25, -0.2) is 24.0 Å². The molecule has 0 aliphatic carbocycles. The van der Waals surface area contributed by atoms with E-state index in [1.807, 2.05) is 67.1 Å². The highest BCUT2D eigenvalue weighted by molar-refractivity contribution is 5.84. The molecule has 18 nitrogen and oxygen atoms in total. The lowest BCUT2D eigenvalue weighted by atomic mass is 10.2. The molecule has 4 heterocycles. The molecule has 0 saturated heterocycles. The van der Waals surface area contributed by atoms with Crippen LogP contribution < -0.4 is 46.0 Å². The summed E-state index contributed by atoms with van der Waals surface area (Å²) >= 11 is 0. The minimum Gasteiger partial charge on any atom is -0.497 e. The van der Waals surface area contributed by atoms with Crippen molar-refractivity contribution in [2.45, 2.75) is 40.0 Å². The lowest BCUT2D eigenvalue weighted by Crippen LogP contribution is -2.31. The first-order valence-corrected chi connectivity index (χ1v) is 20.3. The first kappa shape index (κ1) is 41.8. The van der Waals surface area contributed by atoms with Gasteiger partial charge in [0.1, 0.15) is 64.0 Å². The van der Waals surface area contributed by atoms with Crippen LogP contribution in [0, 0.1) is 0 Å². The minimum absolute atomic E-state index is 0.117. The summed E-state index contributed by atoms with van der Waals surface area (Å²) in [6, 6.07) is 23.9. The van der Waals surface area contributed by atoms with E-state index in [2.05, 4.69) is 25.9 Å². The number of aromatic amines is 2. The Labute approximate surface area is 361 Å². The monoisotopic (exact) mass is 855 g/mol. The van der Waals surface area contributed by atoms with Crippen molar-refractivity contribution in [2.24, 2.45) is 0 Å². The molecular formula is C45H49N11O7. The van der Waals surface area contributed by atoms with Crippen LogP contribution in [0.3, 0.4) is 0 Å². The summed E-state index contributed by atoms with van der Waals surface area (Å²) < 4.78 is 30.0. The molecule has 0 aliphatic rings. The van der Waals surface area contributed by atoms with Crippen LogP contribution >= 0.6 is 0 Å². The highest BCUT2D eigenvalue weighted by atomic mass is 16.5. The average Bonchev–Trinajstić information content (AvgIpc) is 4.05. The second-order valence-corrected chi connectivity index (χ2v) is 15.0. The molecule has 0 aliphatic heterocycles. The molecule has 0 spiro atoms. The predicted octanol–water partition coefficient (Wildman–Crippen LogP) is 6.08. The Morgan fingerprint density at radius 3 is 1.87 bits per heavy atom. The fourth-order valence-corrected chi connectivity index (χ4v) is 7.80. The summed E-state index contributed by atoms with van der Waals surface area (Å²) in [4.78, 5) is 56.8. The van der Waals surface area contributed by atoms with Gasteiger partial charge in [-0.1, -0.05) is 18.2 Å². The molecular weight excluding hydrogens is 807 g/mol. The molecule has 0 saturated carbocycles. The van der Waals surface area contributed by atoms with Crippen molar-refractivity contribution in [1.29, 1.82) is 0 Å². The molecule has 18 heteroatoms. The number of benzene rings is 4. The average molecular weight is 856 g/mol. The summed E-state index contributed by atoms with van der Waals surface area (Å²) in [5, 5.41) is 9.25. The quantitative estimate of drug-likeness (QED) is 0.0754. The Balaban J connectivity index is 1.14. The van der Waals surface area contributed by atoms with Crippen molar-refractivity contribution in [1.82, 2.24) is 44.0 Å². The number of carbonyl (C=O) groups is 1. The van der Waals surface area contributed by atoms with E-state index in [1.54, 1.807) is 79.8 Å². The molecule has 8 aromatic rings. The van der Waals surface area contributed by atoms with Crippen molar-refractivity contribution in [3.63, 3.8) is 0 Å². The third-order valence-corrected chi connectivity index (χ3v) is 10.6. The van der Waals surface area contributed by atoms with Crippen LogP contribution in [-0.4, -0.2) is 86.5 Å². The van der Waals surface area contributed by atoms with Gasteiger partial charge in [-0.3, -0.25) is 19.1 Å². The Morgan fingerprint density at radius 1 is 0.698 bits per heavy atom. The van der Waals surface area contributed by atoms with Gasteiger partial charge in [0.25, 0.3) is 11.1 Å². The Bertz CT molecular complexity index is 3060. The van der Waals surface area contributed by atoms with Crippen molar-refractivity contribution >= 4 is 39.6 Å². The maximum Gasteiger partial charge on any atom is 0.284 e. The number of anilines is 2. The van der Waals surface area contributed by atoms with Gasteiger partial charge in [-0.05, 0) is 43.7 Å². The molecule has 0 bridgehead atoms. The molecule has 4 aromatic heterocycles. The number of methoxy groups -OCH3 is 3. The lowest BCUT2D eigenvalue weighted by molar-refractivity contribution is -0.119. The summed E-state index contributed by atoms with van der Waals surface area (Å²) in [6.45, 7) is 5.96. The standard InChI is InChI=1S/C45H49N11O7/c1-25(2)54-42(46-4)39(45(59)56(54)29-19-30(60-6)22-31(20-29)61-7)41-51-36-14-13-27(17-37(36)52-41)24-63-33-21-28(18-32(23-33)62-8)55-43(47-5)38(44(58)53(55)16-15-48-26(3)57)40-49-34-11-9-10-12-35(34)50-40/h9-14,17-23,25,46-47H,15-16,24H2,1-8H3,(H,48,57)(H,49,50)(H,51,52). The van der Waals surface area contributed by atoms with Crippen molar-refractivity contribution < 1.29 is 23.7 Å². The second-order valence-electron chi connectivity index (χ2n) is 15.0. The zero-order valence-corrected chi connectivity index (χ0v) is 36.2. The van der Waals surface area contributed by atoms with Crippen molar-refractivity contribution in [3.05, 3.63) is 105 Å². The molecule has 63 heavy (non-hydrogen) atoms. The van der Waals surface area contributed by atoms with Gasteiger partial charge in [0, 0.05) is 70.0 Å². The summed E-state index contributed by atoms with van der Waals surface area (Å²) in [7, 11) is 8.20. The number of para-hydroxylation sites is 2. The number of hydrogen-bond acceptors (Lipinski definition) is 11. The van der Waals surface area contributed by atoms with E-state index in [0.29, 0.717) is 79.8 Å². The molecule has 0 radical (unpaired) electrons. The van der Waals surface area contributed by atoms with E-state index in [9.17, 15) is 14.4 Å². The smallest absolute Gasteiger partial charge is 0.284 e. The fraction of sp³-hybridized carbons (Fsp3) is 0.267.